The third-order valence-electron chi connectivity index (χ3n) is 10.5. The minimum absolute atomic E-state index is 0.134. The Morgan fingerprint density at radius 1 is 0.532 bits per heavy atom. The molecule has 4 atom stereocenters. The molecule has 47 heavy (non-hydrogen) atoms. The van der Waals surface area contributed by atoms with Gasteiger partial charge in [-0.1, -0.05) is 132 Å². The molecule has 5 aromatic carbocycles. The third kappa shape index (κ3) is 3.68. The molecule has 1 saturated carbocycles. The van der Waals surface area contributed by atoms with Gasteiger partial charge in [-0.05, 0) is 59.4 Å². The van der Waals surface area contributed by atoms with Crippen molar-refractivity contribution in [3.05, 3.63) is 167 Å². The highest BCUT2D eigenvalue weighted by Gasteiger charge is 2.82. The molecule has 5 nitrogen and oxygen atoms in total. The van der Waals surface area contributed by atoms with Gasteiger partial charge in [0.15, 0.2) is 5.78 Å². The monoisotopic (exact) mass is 615 g/mol. The van der Waals surface area contributed by atoms with Gasteiger partial charge in [0.2, 0.25) is 11.8 Å². The predicted octanol–water partition coefficient (Wildman–Crippen LogP) is 7.50. The molecule has 0 spiro atoms. The fraction of sp³-hybridized carbons (Fsp3) is 0.167. The normalized spacial score (nSPS) is 24.7. The predicted molar refractivity (Wildman–Crippen MR) is 183 cm³/mol. The SMILES string of the molecule is COc1ccccc1N1C(=O)[C@H]2[C@H](C1=O)[C@@]1(c3ccccc3)C(=O)[C@@]2(c2ccccc2)C(c2ccc(C)cc2)=C1c1ccc(C)cc1. The van der Waals surface area contributed by atoms with Crippen LogP contribution in [0.3, 0.4) is 0 Å². The molecule has 5 aromatic rings. The van der Waals surface area contributed by atoms with Gasteiger partial charge in [0, 0.05) is 0 Å². The van der Waals surface area contributed by atoms with Gasteiger partial charge in [0.1, 0.15) is 5.75 Å². The van der Waals surface area contributed by atoms with Crippen molar-refractivity contribution in [3.63, 3.8) is 0 Å². The van der Waals surface area contributed by atoms with Crippen LogP contribution in [0, 0.1) is 25.7 Å². The topological polar surface area (TPSA) is 63.7 Å². The number of para-hydroxylation sites is 2. The second-order valence-electron chi connectivity index (χ2n) is 12.8. The van der Waals surface area contributed by atoms with Crippen LogP contribution in [0.4, 0.5) is 5.69 Å². The fourth-order valence-electron chi connectivity index (χ4n) is 8.62. The van der Waals surface area contributed by atoms with Crippen LogP contribution < -0.4 is 9.64 Å². The number of amides is 2. The molecule has 0 unspecified atom stereocenters. The minimum Gasteiger partial charge on any atom is -0.495 e. The number of imide groups is 1. The van der Waals surface area contributed by atoms with E-state index in [1.54, 1.807) is 18.2 Å². The zero-order chi connectivity index (χ0) is 32.5. The largest absolute Gasteiger partial charge is 0.495 e. The van der Waals surface area contributed by atoms with Crippen molar-refractivity contribution in [2.24, 2.45) is 11.8 Å². The number of Topliss-reactive ketones (excluding diaryl/α,β-unsaturated/α-hetero) is 1. The summed E-state index contributed by atoms with van der Waals surface area (Å²) in [4.78, 5) is 47.6. The molecule has 8 rings (SSSR count). The number of carbonyl (C=O) groups excluding carboxylic acids is 3. The number of anilines is 1. The van der Waals surface area contributed by atoms with Crippen molar-refractivity contribution < 1.29 is 19.1 Å². The van der Waals surface area contributed by atoms with Crippen LogP contribution in [0.2, 0.25) is 0 Å². The lowest BCUT2D eigenvalue weighted by atomic mass is 9.59. The lowest BCUT2D eigenvalue weighted by Gasteiger charge is -2.39. The standard InChI is InChI=1S/C42H33NO4/c1-26-18-22-28(23-19-26)34-35(29-24-20-27(2)21-25-29)42(31-14-8-5-9-15-31)37-36(41(34,40(42)46)30-12-6-4-7-13-30)38(44)43(39(37)45)32-16-10-11-17-33(32)47-3/h4-25,36-37H,1-3H3/t36-,37-,41+,42+/m1/s1. The number of carbonyl (C=O) groups is 3. The maximum absolute atomic E-state index is 16.0. The average molecular weight is 616 g/mol. The lowest BCUT2D eigenvalue weighted by molar-refractivity contribution is -0.130. The first kappa shape index (κ1) is 28.9. The fourth-order valence-corrected chi connectivity index (χ4v) is 8.62. The van der Waals surface area contributed by atoms with E-state index in [0.717, 1.165) is 33.4 Å². The van der Waals surface area contributed by atoms with Crippen LogP contribution in [-0.2, 0) is 25.2 Å². The Labute approximate surface area is 274 Å². The number of fused-ring (bicyclic) bond motifs is 5. The van der Waals surface area contributed by atoms with Gasteiger partial charge in [0.05, 0.1) is 35.5 Å². The van der Waals surface area contributed by atoms with E-state index < -0.39 is 34.5 Å². The molecular formula is C42H33NO4. The quantitative estimate of drug-likeness (QED) is 0.186. The molecule has 0 N–H and O–H groups in total. The molecule has 0 radical (unpaired) electrons. The summed E-state index contributed by atoms with van der Waals surface area (Å²) in [5.74, 6) is -2.48. The second-order valence-corrected chi connectivity index (χ2v) is 12.8. The van der Waals surface area contributed by atoms with Crippen molar-refractivity contribution in [2.45, 2.75) is 24.7 Å². The summed E-state index contributed by atoms with van der Waals surface area (Å²) in [6, 6.07) is 42.6. The number of aryl methyl sites for hydroxylation is 2. The highest BCUT2D eigenvalue weighted by molar-refractivity contribution is 6.39. The van der Waals surface area contributed by atoms with Gasteiger partial charge in [-0.15, -0.1) is 0 Å². The van der Waals surface area contributed by atoms with Crippen molar-refractivity contribution in [3.8, 4) is 5.75 Å². The molecular weight excluding hydrogens is 582 g/mol. The third-order valence-corrected chi connectivity index (χ3v) is 10.5. The van der Waals surface area contributed by atoms with Crippen molar-refractivity contribution in [1.82, 2.24) is 0 Å². The van der Waals surface area contributed by atoms with Crippen LogP contribution in [0.15, 0.2) is 133 Å². The number of rotatable bonds is 6. The Balaban J connectivity index is 1.56. The molecule has 1 saturated heterocycles. The molecule has 0 aromatic heterocycles. The van der Waals surface area contributed by atoms with Crippen LogP contribution in [0.1, 0.15) is 33.4 Å². The average Bonchev–Trinajstić information content (AvgIpc) is 3.61. The van der Waals surface area contributed by atoms with Crippen LogP contribution in [0.25, 0.3) is 11.1 Å². The lowest BCUT2D eigenvalue weighted by Crippen LogP contribution is -2.45. The van der Waals surface area contributed by atoms with Gasteiger partial charge in [-0.25, -0.2) is 4.90 Å². The zero-order valence-electron chi connectivity index (χ0n) is 26.4. The number of benzene rings is 5. The van der Waals surface area contributed by atoms with E-state index in [-0.39, 0.29) is 5.78 Å². The first-order valence-electron chi connectivity index (χ1n) is 15.9. The smallest absolute Gasteiger partial charge is 0.239 e. The Bertz CT molecular complexity index is 1970. The summed E-state index contributed by atoms with van der Waals surface area (Å²) in [5, 5.41) is 0. The second kappa shape index (κ2) is 10.5. The van der Waals surface area contributed by atoms with E-state index in [1.165, 1.54) is 12.0 Å². The summed E-state index contributed by atoms with van der Waals surface area (Å²) in [7, 11) is 1.53. The summed E-state index contributed by atoms with van der Waals surface area (Å²) < 4.78 is 5.67. The molecule has 3 aliphatic rings. The van der Waals surface area contributed by atoms with Crippen molar-refractivity contribution >= 4 is 34.4 Å². The number of allylic oxidation sites excluding steroid dienone is 2. The number of nitrogens with zero attached hydrogens (tertiary/aromatic N) is 1. The summed E-state index contributed by atoms with van der Waals surface area (Å²) in [6.45, 7) is 4.06. The number of ketones is 1. The summed E-state index contributed by atoms with van der Waals surface area (Å²) in [5.41, 5.74) is 4.35. The Kier molecular flexibility index (Phi) is 6.45. The zero-order valence-corrected chi connectivity index (χ0v) is 26.4. The summed E-state index contributed by atoms with van der Waals surface area (Å²) in [6.07, 6.45) is 0. The van der Waals surface area contributed by atoms with Crippen LogP contribution >= 0.6 is 0 Å². The highest BCUT2D eigenvalue weighted by Crippen LogP contribution is 2.74. The van der Waals surface area contributed by atoms with E-state index in [2.05, 4.69) is 0 Å². The highest BCUT2D eigenvalue weighted by atomic mass is 16.5. The van der Waals surface area contributed by atoms with E-state index in [0.29, 0.717) is 22.6 Å². The molecule has 1 heterocycles. The van der Waals surface area contributed by atoms with Crippen LogP contribution in [-0.4, -0.2) is 24.7 Å². The minimum atomic E-state index is -1.44. The summed E-state index contributed by atoms with van der Waals surface area (Å²) >= 11 is 0. The van der Waals surface area contributed by atoms with Gasteiger partial charge in [-0.2, -0.15) is 0 Å². The Hall–Kier alpha value is -5.55. The molecule has 2 fully saturated rings. The number of ether oxygens (including phenoxy) is 1. The molecule has 2 amide bonds. The van der Waals surface area contributed by atoms with Crippen molar-refractivity contribution in [1.29, 1.82) is 0 Å². The maximum atomic E-state index is 16.0. The molecule has 5 heteroatoms. The first-order chi connectivity index (χ1) is 22.9. The van der Waals surface area contributed by atoms with E-state index in [1.807, 2.05) is 129 Å². The van der Waals surface area contributed by atoms with Crippen LogP contribution in [0.5, 0.6) is 5.75 Å². The van der Waals surface area contributed by atoms with Gasteiger partial charge >= 0.3 is 0 Å². The van der Waals surface area contributed by atoms with E-state index in [4.69, 9.17) is 4.74 Å². The maximum Gasteiger partial charge on any atom is 0.239 e. The van der Waals surface area contributed by atoms with E-state index >= 15 is 14.4 Å². The van der Waals surface area contributed by atoms with Crippen molar-refractivity contribution in [2.75, 3.05) is 12.0 Å². The Morgan fingerprint density at radius 3 is 1.36 bits per heavy atom. The van der Waals surface area contributed by atoms with Gasteiger partial charge < -0.3 is 4.74 Å². The Morgan fingerprint density at radius 2 is 0.936 bits per heavy atom. The molecule has 2 bridgehead atoms. The number of hydrogen-bond donors (Lipinski definition) is 0. The number of hydrogen-bond acceptors (Lipinski definition) is 4. The van der Waals surface area contributed by atoms with Gasteiger partial charge in [-0.3, -0.25) is 14.4 Å². The molecule has 230 valence electrons. The van der Waals surface area contributed by atoms with E-state index in [9.17, 15) is 0 Å². The van der Waals surface area contributed by atoms with Gasteiger partial charge in [0.25, 0.3) is 0 Å². The molecule has 1 aliphatic heterocycles. The first-order valence-corrected chi connectivity index (χ1v) is 15.9. The number of methoxy groups -OCH3 is 1. The molecule has 2 aliphatic carbocycles.